The van der Waals surface area contributed by atoms with Gasteiger partial charge in [0.1, 0.15) is 5.58 Å². The third-order valence-electron chi connectivity index (χ3n) is 2.74. The summed E-state index contributed by atoms with van der Waals surface area (Å²) in [5, 5.41) is 4.24. The van der Waals surface area contributed by atoms with Crippen LogP contribution in [0.15, 0.2) is 45.6 Å². The molecule has 3 rings (SSSR count). The van der Waals surface area contributed by atoms with E-state index in [1.807, 2.05) is 18.2 Å². The number of benzene rings is 1. The molecule has 3 heteroatoms. The van der Waals surface area contributed by atoms with E-state index < -0.39 is 0 Å². The van der Waals surface area contributed by atoms with Gasteiger partial charge in [0.15, 0.2) is 0 Å². The Hall–Kier alpha value is -1.61. The predicted molar refractivity (Wildman–Crippen MR) is 69.2 cm³/mol. The van der Waals surface area contributed by atoms with Crippen molar-refractivity contribution in [2.24, 2.45) is 0 Å². The zero-order valence-electron chi connectivity index (χ0n) is 9.82. The molecule has 0 atom stereocenters. The van der Waals surface area contributed by atoms with Gasteiger partial charge in [-0.15, -0.1) is 0 Å². The highest BCUT2D eigenvalue weighted by Gasteiger charge is 1.93. The fraction of sp³-hybridized carbons (Fsp3) is 0.357. The Morgan fingerprint density at radius 1 is 0.941 bits per heavy atom. The van der Waals surface area contributed by atoms with Gasteiger partial charge in [0.2, 0.25) is 0 Å². The quantitative estimate of drug-likeness (QED) is 0.708. The number of rotatable bonds is 0. The average Bonchev–Trinajstić information content (AvgIpc) is 2.41. The first-order valence-electron chi connectivity index (χ1n) is 6.06. The van der Waals surface area contributed by atoms with E-state index in [2.05, 4.69) is 5.32 Å². The highest BCUT2D eigenvalue weighted by Crippen LogP contribution is 2.08. The SMILES string of the molecule is C1CCNCC1.O=c1ccc2ccccc2o1. The van der Waals surface area contributed by atoms with Gasteiger partial charge in [0, 0.05) is 11.5 Å². The second-order valence-corrected chi connectivity index (χ2v) is 4.10. The van der Waals surface area contributed by atoms with Crippen molar-refractivity contribution in [3.05, 3.63) is 46.8 Å². The van der Waals surface area contributed by atoms with Crippen molar-refractivity contribution in [1.29, 1.82) is 0 Å². The van der Waals surface area contributed by atoms with Crippen molar-refractivity contribution in [3.8, 4) is 0 Å². The van der Waals surface area contributed by atoms with Gasteiger partial charge in [-0.05, 0) is 38.1 Å². The summed E-state index contributed by atoms with van der Waals surface area (Å²) in [7, 11) is 0. The lowest BCUT2D eigenvalue weighted by molar-refractivity contribution is 0.520. The van der Waals surface area contributed by atoms with Crippen LogP contribution in [0.5, 0.6) is 0 Å². The Morgan fingerprint density at radius 3 is 2.35 bits per heavy atom. The molecule has 0 amide bonds. The van der Waals surface area contributed by atoms with Crippen LogP contribution in [0.4, 0.5) is 0 Å². The van der Waals surface area contributed by atoms with Crippen molar-refractivity contribution in [2.45, 2.75) is 19.3 Å². The second kappa shape index (κ2) is 6.21. The predicted octanol–water partition coefficient (Wildman–Crippen LogP) is 2.55. The molecule has 1 N–H and O–H groups in total. The number of nitrogens with one attached hydrogen (secondary N) is 1. The Kier molecular flexibility index (Phi) is 4.33. The Balaban J connectivity index is 0.000000153. The first-order valence-corrected chi connectivity index (χ1v) is 6.06. The molecule has 0 saturated carbocycles. The zero-order chi connectivity index (χ0) is 11.9. The molecule has 3 nitrogen and oxygen atoms in total. The molecule has 1 aliphatic rings. The van der Waals surface area contributed by atoms with E-state index in [1.165, 1.54) is 38.4 Å². The van der Waals surface area contributed by atoms with Crippen LogP contribution in [-0.4, -0.2) is 13.1 Å². The molecular formula is C14H17NO2. The van der Waals surface area contributed by atoms with Gasteiger partial charge in [-0.25, -0.2) is 4.79 Å². The smallest absolute Gasteiger partial charge is 0.336 e. The summed E-state index contributed by atoms with van der Waals surface area (Å²) < 4.78 is 4.91. The maximum absolute atomic E-state index is 10.7. The lowest BCUT2D eigenvalue weighted by atomic mass is 10.2. The van der Waals surface area contributed by atoms with Gasteiger partial charge in [-0.2, -0.15) is 0 Å². The van der Waals surface area contributed by atoms with E-state index in [0.29, 0.717) is 5.58 Å². The zero-order valence-corrected chi connectivity index (χ0v) is 9.82. The molecular weight excluding hydrogens is 214 g/mol. The summed E-state index contributed by atoms with van der Waals surface area (Å²) in [6.07, 6.45) is 4.22. The Bertz CT molecular complexity index is 503. The number of para-hydroxylation sites is 1. The molecule has 0 spiro atoms. The molecule has 1 aliphatic heterocycles. The minimum atomic E-state index is -0.302. The third-order valence-corrected chi connectivity index (χ3v) is 2.74. The van der Waals surface area contributed by atoms with Gasteiger partial charge < -0.3 is 9.73 Å². The summed E-state index contributed by atoms with van der Waals surface area (Å²) in [6, 6.07) is 10.6. The van der Waals surface area contributed by atoms with E-state index in [1.54, 1.807) is 12.1 Å². The summed E-state index contributed by atoms with van der Waals surface area (Å²) in [5.41, 5.74) is 0.337. The molecule has 0 bridgehead atoms. The van der Waals surface area contributed by atoms with Crippen LogP contribution in [0.3, 0.4) is 0 Å². The fourth-order valence-corrected chi connectivity index (χ4v) is 1.81. The molecule has 1 aromatic heterocycles. The molecule has 1 fully saturated rings. The van der Waals surface area contributed by atoms with Crippen molar-refractivity contribution in [1.82, 2.24) is 5.32 Å². The van der Waals surface area contributed by atoms with Crippen LogP contribution < -0.4 is 10.9 Å². The van der Waals surface area contributed by atoms with Crippen LogP contribution in [0.25, 0.3) is 11.0 Å². The van der Waals surface area contributed by atoms with E-state index in [-0.39, 0.29) is 5.63 Å². The Morgan fingerprint density at radius 2 is 1.71 bits per heavy atom. The fourth-order valence-electron chi connectivity index (χ4n) is 1.81. The topological polar surface area (TPSA) is 42.2 Å². The van der Waals surface area contributed by atoms with Crippen molar-refractivity contribution < 1.29 is 4.42 Å². The molecule has 90 valence electrons. The van der Waals surface area contributed by atoms with E-state index in [9.17, 15) is 4.79 Å². The molecule has 0 unspecified atom stereocenters. The number of piperidine rings is 1. The summed E-state index contributed by atoms with van der Waals surface area (Å²) >= 11 is 0. The molecule has 0 radical (unpaired) electrons. The highest BCUT2D eigenvalue weighted by molar-refractivity contribution is 5.75. The minimum Gasteiger partial charge on any atom is -0.423 e. The van der Waals surface area contributed by atoms with Gasteiger partial charge in [0.25, 0.3) is 0 Å². The third kappa shape index (κ3) is 3.71. The number of hydrogen-bond acceptors (Lipinski definition) is 3. The average molecular weight is 231 g/mol. The maximum Gasteiger partial charge on any atom is 0.336 e. The second-order valence-electron chi connectivity index (χ2n) is 4.10. The monoisotopic (exact) mass is 231 g/mol. The Labute approximate surface area is 100 Å². The summed E-state index contributed by atoms with van der Waals surface area (Å²) in [5.74, 6) is 0. The lowest BCUT2D eigenvalue weighted by Crippen LogP contribution is -2.21. The van der Waals surface area contributed by atoms with E-state index in [0.717, 1.165) is 5.39 Å². The largest absolute Gasteiger partial charge is 0.423 e. The summed E-state index contributed by atoms with van der Waals surface area (Å²) in [4.78, 5) is 10.7. The molecule has 0 aliphatic carbocycles. The van der Waals surface area contributed by atoms with Crippen LogP contribution in [-0.2, 0) is 0 Å². The lowest BCUT2D eigenvalue weighted by Gasteiger charge is -2.08. The molecule has 17 heavy (non-hydrogen) atoms. The van der Waals surface area contributed by atoms with Crippen LogP contribution in [0.2, 0.25) is 0 Å². The van der Waals surface area contributed by atoms with Crippen molar-refractivity contribution in [2.75, 3.05) is 13.1 Å². The van der Waals surface area contributed by atoms with Crippen LogP contribution in [0.1, 0.15) is 19.3 Å². The highest BCUT2D eigenvalue weighted by atomic mass is 16.4. The van der Waals surface area contributed by atoms with Gasteiger partial charge in [-0.1, -0.05) is 24.6 Å². The molecule has 2 heterocycles. The standard InChI is InChI=1S/C9H6O2.C5H11N/c10-9-6-5-7-3-1-2-4-8(7)11-9;1-2-4-6-5-3-1/h1-6H;6H,1-5H2. The van der Waals surface area contributed by atoms with Gasteiger partial charge >= 0.3 is 5.63 Å². The van der Waals surface area contributed by atoms with Crippen LogP contribution >= 0.6 is 0 Å². The molecule has 1 aromatic carbocycles. The maximum atomic E-state index is 10.7. The summed E-state index contributed by atoms with van der Waals surface area (Å²) in [6.45, 7) is 2.50. The van der Waals surface area contributed by atoms with Crippen molar-refractivity contribution in [3.63, 3.8) is 0 Å². The number of hydrogen-bond donors (Lipinski definition) is 1. The number of fused-ring (bicyclic) bond motifs is 1. The van der Waals surface area contributed by atoms with E-state index in [4.69, 9.17) is 4.42 Å². The van der Waals surface area contributed by atoms with Crippen LogP contribution in [0, 0.1) is 0 Å². The van der Waals surface area contributed by atoms with Crippen molar-refractivity contribution >= 4 is 11.0 Å². The first-order chi connectivity index (χ1) is 8.36. The molecule has 1 saturated heterocycles. The van der Waals surface area contributed by atoms with E-state index >= 15 is 0 Å². The van der Waals surface area contributed by atoms with Gasteiger partial charge in [0.05, 0.1) is 0 Å². The normalized spacial score (nSPS) is 15.1. The van der Waals surface area contributed by atoms with Gasteiger partial charge in [-0.3, -0.25) is 0 Å². The first kappa shape index (κ1) is 11.9. The minimum absolute atomic E-state index is 0.302. The molecule has 2 aromatic rings.